The van der Waals surface area contributed by atoms with E-state index in [2.05, 4.69) is 31.9 Å². The average molecular weight is 533 g/mol. The van der Waals surface area contributed by atoms with Gasteiger partial charge in [0.25, 0.3) is 20.2 Å². The molecular weight excluding hydrogens is 512 g/mol. The summed E-state index contributed by atoms with van der Waals surface area (Å²) in [5, 5.41) is 10.1. The number of allylic oxidation sites excluding steroid dienone is 2. The Morgan fingerprint density at radius 1 is 0.722 bits per heavy atom. The van der Waals surface area contributed by atoms with Gasteiger partial charge >= 0.3 is 0 Å². The van der Waals surface area contributed by atoms with E-state index in [1.807, 2.05) is 0 Å². The van der Waals surface area contributed by atoms with Crippen LogP contribution >= 0.6 is 0 Å². The van der Waals surface area contributed by atoms with Crippen molar-refractivity contribution >= 4 is 56.2 Å². The molecule has 0 aromatic heterocycles. The van der Waals surface area contributed by atoms with Crippen LogP contribution in [0.25, 0.3) is 12.2 Å². The molecule has 0 atom stereocenters. The second-order valence-electron chi connectivity index (χ2n) is 7.08. The first-order valence-electron chi connectivity index (χ1n) is 10.1. The molecule has 0 radical (unpaired) electrons. The van der Waals surface area contributed by atoms with Crippen LogP contribution in [0.15, 0.2) is 80.9 Å². The number of nitrogens with zero attached hydrogens (tertiary/aromatic N) is 4. The monoisotopic (exact) mass is 532 g/mol. The zero-order valence-corrected chi connectivity index (χ0v) is 19.8. The molecule has 6 N–H and O–H groups in total. The summed E-state index contributed by atoms with van der Waals surface area (Å²) in [6.07, 6.45) is 11.8. The van der Waals surface area contributed by atoms with Crippen molar-refractivity contribution in [1.29, 1.82) is 0 Å². The van der Waals surface area contributed by atoms with Gasteiger partial charge in [-0.1, -0.05) is 36.4 Å². The number of benzene rings is 2. The summed E-state index contributed by atoms with van der Waals surface area (Å²) in [5.41, 5.74) is 10.9. The van der Waals surface area contributed by atoms with E-state index in [9.17, 15) is 25.9 Å². The predicted molar refractivity (Wildman–Crippen MR) is 134 cm³/mol. The van der Waals surface area contributed by atoms with E-state index in [1.54, 1.807) is 12.2 Å². The highest BCUT2D eigenvalue weighted by atomic mass is 32.2. The first-order chi connectivity index (χ1) is 17.1. The molecular formula is C20H20N8O6S2. The molecule has 188 valence electrons. The molecule has 0 amide bonds. The minimum atomic E-state index is -4.74. The van der Waals surface area contributed by atoms with Gasteiger partial charge in [-0.25, -0.2) is 0 Å². The molecule has 0 saturated heterocycles. The van der Waals surface area contributed by atoms with Gasteiger partial charge in [0.1, 0.15) is 9.79 Å². The number of nitrogens with one attached hydrogen (secondary N) is 4. The predicted octanol–water partition coefficient (Wildman–Crippen LogP) is 1.64. The Labute approximate surface area is 206 Å². The lowest BCUT2D eigenvalue weighted by molar-refractivity contribution is 0.284. The molecule has 16 heteroatoms. The van der Waals surface area contributed by atoms with Gasteiger partial charge in [0, 0.05) is 12.4 Å². The molecule has 0 bridgehead atoms. The van der Waals surface area contributed by atoms with Gasteiger partial charge in [-0.3, -0.25) is 30.8 Å². The third-order valence-corrected chi connectivity index (χ3v) is 6.57. The molecule has 2 aliphatic heterocycles. The van der Waals surface area contributed by atoms with Crippen molar-refractivity contribution in [2.45, 2.75) is 9.79 Å². The van der Waals surface area contributed by atoms with Crippen molar-refractivity contribution in [2.75, 3.05) is 10.9 Å². The smallest absolute Gasteiger partial charge is 0.282 e. The van der Waals surface area contributed by atoms with E-state index in [0.717, 1.165) is 10.5 Å². The van der Waals surface area contributed by atoms with Gasteiger partial charge in [0.2, 0.25) is 0 Å². The molecule has 0 unspecified atom stereocenters. The summed E-state index contributed by atoms with van der Waals surface area (Å²) < 4.78 is 68.8. The topological polar surface area (TPSA) is 188 Å². The number of hydrazone groups is 2. The second-order valence-corrected chi connectivity index (χ2v) is 9.80. The van der Waals surface area contributed by atoms with Crippen LogP contribution in [0.4, 0.5) is 11.4 Å². The van der Waals surface area contributed by atoms with Crippen molar-refractivity contribution in [3.8, 4) is 0 Å². The van der Waals surface area contributed by atoms with Gasteiger partial charge in [0.05, 0.1) is 23.8 Å². The van der Waals surface area contributed by atoms with Gasteiger partial charge < -0.3 is 0 Å². The standard InChI is InChI=1S/C20H20N8O6S2/c29-35(30,31)19-15(5-1-7-17(19)25-27-21-11-3-12-22-27)9-10-16-6-2-8-18(20(16)36(32,33)34)26-28-23-13-4-14-24-28/h1-14,21,23,25-26H,(H,29,30,31)(H,32,33,34)/b10-9+. The van der Waals surface area contributed by atoms with Gasteiger partial charge in [-0.15, -0.1) is 20.7 Å². The minimum absolute atomic E-state index is 0.00731. The summed E-state index contributed by atoms with van der Waals surface area (Å²) in [6.45, 7) is 0. The van der Waals surface area contributed by atoms with Crippen molar-refractivity contribution in [3.05, 3.63) is 72.1 Å². The first kappa shape index (κ1) is 24.7. The van der Waals surface area contributed by atoms with Crippen LogP contribution in [0.5, 0.6) is 0 Å². The Kier molecular flexibility index (Phi) is 6.93. The van der Waals surface area contributed by atoms with E-state index in [4.69, 9.17) is 0 Å². The van der Waals surface area contributed by atoms with Crippen LogP contribution in [-0.4, -0.2) is 48.8 Å². The fourth-order valence-electron chi connectivity index (χ4n) is 3.24. The molecule has 14 nitrogen and oxygen atoms in total. The average Bonchev–Trinajstić information content (AvgIpc) is 2.83. The van der Waals surface area contributed by atoms with Crippen LogP contribution in [0, 0.1) is 0 Å². The second kappa shape index (κ2) is 10.1. The maximum absolute atomic E-state index is 12.2. The Balaban J connectivity index is 1.73. The van der Waals surface area contributed by atoms with Crippen molar-refractivity contribution in [3.63, 3.8) is 0 Å². The molecule has 2 heterocycles. The quantitative estimate of drug-likeness (QED) is 0.213. The zero-order valence-electron chi connectivity index (χ0n) is 18.2. The maximum atomic E-state index is 12.2. The van der Waals surface area contributed by atoms with E-state index in [1.165, 1.54) is 73.4 Å². The van der Waals surface area contributed by atoms with Gasteiger partial charge in [-0.2, -0.15) is 16.8 Å². The van der Waals surface area contributed by atoms with E-state index in [0.29, 0.717) is 0 Å². The highest BCUT2D eigenvalue weighted by molar-refractivity contribution is 7.86. The van der Waals surface area contributed by atoms with Crippen molar-refractivity contribution in [2.24, 2.45) is 10.2 Å². The largest absolute Gasteiger partial charge is 0.297 e. The lowest BCUT2D eigenvalue weighted by Crippen LogP contribution is -2.36. The summed E-state index contributed by atoms with van der Waals surface area (Å²) in [5.74, 6) is 0. The highest BCUT2D eigenvalue weighted by Crippen LogP contribution is 2.30. The van der Waals surface area contributed by atoms with E-state index < -0.39 is 30.0 Å². The molecule has 2 aromatic carbocycles. The Morgan fingerprint density at radius 2 is 1.14 bits per heavy atom. The SMILES string of the molecule is O=S(=O)(O)c1c(/C=C/c2cccc(NN3N=CC=CN3)c2S(=O)(=O)O)cccc1NN1N=CC=CN1. The fraction of sp³-hybridized carbons (Fsp3) is 0. The summed E-state index contributed by atoms with van der Waals surface area (Å²) in [6, 6.07) is 8.68. The van der Waals surface area contributed by atoms with Crippen LogP contribution in [0.1, 0.15) is 11.1 Å². The normalized spacial score (nSPS) is 15.2. The maximum Gasteiger partial charge on any atom is 0.297 e. The summed E-state index contributed by atoms with van der Waals surface area (Å²) >= 11 is 0. The zero-order chi connectivity index (χ0) is 25.8. The third kappa shape index (κ3) is 5.81. The molecule has 0 spiro atoms. The first-order valence-corrected chi connectivity index (χ1v) is 12.9. The van der Waals surface area contributed by atoms with Crippen LogP contribution in [0.2, 0.25) is 0 Å². The van der Waals surface area contributed by atoms with Crippen LogP contribution < -0.4 is 21.7 Å². The lowest BCUT2D eigenvalue weighted by Gasteiger charge is -2.23. The van der Waals surface area contributed by atoms with Gasteiger partial charge in [-0.05, 0) is 35.4 Å². The number of hydrazine groups is 4. The van der Waals surface area contributed by atoms with Crippen molar-refractivity contribution in [1.82, 2.24) is 21.3 Å². The van der Waals surface area contributed by atoms with E-state index >= 15 is 0 Å². The fourth-order valence-corrected chi connectivity index (χ4v) is 4.90. The number of hydrogen-bond donors (Lipinski definition) is 6. The lowest BCUT2D eigenvalue weighted by atomic mass is 10.1. The Morgan fingerprint density at radius 3 is 1.47 bits per heavy atom. The Hall–Kier alpha value is -4.38. The molecule has 0 fully saturated rings. The molecule has 2 aliphatic rings. The summed E-state index contributed by atoms with van der Waals surface area (Å²) in [4.78, 5) is -0.955. The highest BCUT2D eigenvalue weighted by Gasteiger charge is 2.23. The molecule has 4 rings (SSSR count). The minimum Gasteiger partial charge on any atom is -0.282 e. The Bertz CT molecular complexity index is 1400. The van der Waals surface area contributed by atoms with Crippen LogP contribution in [-0.2, 0) is 20.2 Å². The third-order valence-electron chi connectivity index (χ3n) is 4.62. The summed E-state index contributed by atoms with van der Waals surface area (Å²) in [7, 11) is -9.48. The molecule has 36 heavy (non-hydrogen) atoms. The number of hydrogen-bond acceptors (Lipinski definition) is 12. The van der Waals surface area contributed by atoms with Crippen molar-refractivity contribution < 1.29 is 25.9 Å². The number of rotatable bonds is 8. The molecule has 2 aromatic rings. The van der Waals surface area contributed by atoms with E-state index in [-0.39, 0.29) is 22.5 Å². The number of anilines is 2. The van der Waals surface area contributed by atoms with Crippen LogP contribution in [0.3, 0.4) is 0 Å². The molecule has 0 saturated carbocycles. The van der Waals surface area contributed by atoms with Gasteiger partial charge in [0.15, 0.2) is 0 Å². The molecule has 0 aliphatic carbocycles.